The Bertz CT molecular complexity index is 727. The Hall–Kier alpha value is -1.57. The molecule has 0 bridgehead atoms. The number of ether oxygens (including phenoxy) is 1. The van der Waals surface area contributed by atoms with Crippen LogP contribution in [-0.4, -0.2) is 73.4 Å². The molecule has 1 atom stereocenters. The number of benzene rings is 1. The minimum atomic E-state index is -0.419. The van der Waals surface area contributed by atoms with Crippen molar-refractivity contribution in [2.24, 2.45) is 0 Å². The SMILES string of the molecule is CN1CCN(C(=O)C2Cc3cc(B4OC(C)(C)C(C)(C)O4)ccc3O2)CC1. The highest BCUT2D eigenvalue weighted by molar-refractivity contribution is 6.62. The summed E-state index contributed by atoms with van der Waals surface area (Å²) in [6, 6.07) is 5.98. The lowest BCUT2D eigenvalue weighted by molar-refractivity contribution is -0.139. The number of hydrogen-bond acceptors (Lipinski definition) is 5. The first-order valence-corrected chi connectivity index (χ1v) is 9.79. The van der Waals surface area contributed by atoms with Gasteiger partial charge in [0.2, 0.25) is 0 Å². The van der Waals surface area contributed by atoms with E-state index in [1.807, 2.05) is 44.7 Å². The van der Waals surface area contributed by atoms with Crippen LogP contribution in [0.15, 0.2) is 18.2 Å². The molecular formula is C20H29BN2O4. The molecule has 1 amide bonds. The van der Waals surface area contributed by atoms with Crippen molar-refractivity contribution in [3.8, 4) is 5.75 Å². The maximum absolute atomic E-state index is 12.8. The molecule has 0 aromatic heterocycles. The number of amides is 1. The van der Waals surface area contributed by atoms with Crippen LogP contribution in [0.1, 0.15) is 33.3 Å². The summed E-state index contributed by atoms with van der Waals surface area (Å²) in [7, 11) is 1.69. The second-order valence-electron chi connectivity index (χ2n) is 8.89. The van der Waals surface area contributed by atoms with Gasteiger partial charge in [0.1, 0.15) is 5.75 Å². The first-order chi connectivity index (χ1) is 12.7. The van der Waals surface area contributed by atoms with E-state index in [2.05, 4.69) is 18.0 Å². The van der Waals surface area contributed by atoms with E-state index in [1.54, 1.807) is 0 Å². The standard InChI is InChI=1S/C20H29BN2O4/c1-19(2)20(3,4)27-21(26-19)15-6-7-16-14(12-15)13-17(25-16)18(24)23-10-8-22(5)9-11-23/h6-7,12,17H,8-11,13H2,1-5H3. The Morgan fingerprint density at radius 1 is 1.07 bits per heavy atom. The van der Waals surface area contributed by atoms with Gasteiger partial charge in [-0.1, -0.05) is 12.1 Å². The van der Waals surface area contributed by atoms with Crippen molar-refractivity contribution in [2.75, 3.05) is 33.2 Å². The molecule has 1 aromatic carbocycles. The summed E-state index contributed by atoms with van der Waals surface area (Å²) in [5, 5.41) is 0. The van der Waals surface area contributed by atoms with Crippen LogP contribution >= 0.6 is 0 Å². The largest absolute Gasteiger partial charge is 0.494 e. The Morgan fingerprint density at radius 3 is 2.33 bits per heavy atom. The number of carbonyl (C=O) groups is 1. The summed E-state index contributed by atoms with van der Waals surface area (Å²) in [4.78, 5) is 17.0. The van der Waals surface area contributed by atoms with Crippen molar-refractivity contribution < 1.29 is 18.8 Å². The van der Waals surface area contributed by atoms with Gasteiger partial charge in [-0.3, -0.25) is 4.79 Å². The fourth-order valence-corrected chi connectivity index (χ4v) is 3.76. The molecule has 0 aliphatic carbocycles. The third-order valence-electron chi connectivity index (χ3n) is 6.37. The maximum atomic E-state index is 12.8. The van der Waals surface area contributed by atoms with Gasteiger partial charge in [0, 0.05) is 32.6 Å². The molecule has 2 fully saturated rings. The third-order valence-corrected chi connectivity index (χ3v) is 6.37. The van der Waals surface area contributed by atoms with Crippen LogP contribution in [0.25, 0.3) is 0 Å². The lowest BCUT2D eigenvalue weighted by Crippen LogP contribution is -2.51. The fraction of sp³-hybridized carbons (Fsp3) is 0.650. The van der Waals surface area contributed by atoms with Gasteiger partial charge in [-0.2, -0.15) is 0 Å². The number of nitrogens with zero attached hydrogens (tertiary/aromatic N) is 2. The second-order valence-corrected chi connectivity index (χ2v) is 8.89. The average molecular weight is 372 g/mol. The fourth-order valence-electron chi connectivity index (χ4n) is 3.76. The number of piperazine rings is 1. The third kappa shape index (κ3) is 3.37. The highest BCUT2D eigenvalue weighted by atomic mass is 16.7. The summed E-state index contributed by atoms with van der Waals surface area (Å²) in [6.45, 7) is 11.6. The highest BCUT2D eigenvalue weighted by Gasteiger charge is 2.52. The normalized spacial score (nSPS) is 26.8. The Labute approximate surface area is 161 Å². The lowest BCUT2D eigenvalue weighted by Gasteiger charge is -2.33. The number of fused-ring (bicyclic) bond motifs is 1. The predicted molar refractivity (Wildman–Crippen MR) is 104 cm³/mol. The first-order valence-electron chi connectivity index (χ1n) is 9.79. The van der Waals surface area contributed by atoms with Gasteiger partial charge < -0.3 is 23.8 Å². The monoisotopic (exact) mass is 372 g/mol. The van der Waals surface area contributed by atoms with Crippen molar-refractivity contribution in [1.29, 1.82) is 0 Å². The van der Waals surface area contributed by atoms with E-state index in [1.165, 1.54) is 0 Å². The zero-order valence-electron chi connectivity index (χ0n) is 16.9. The van der Waals surface area contributed by atoms with E-state index >= 15 is 0 Å². The van der Waals surface area contributed by atoms with Crippen molar-refractivity contribution in [2.45, 2.75) is 51.4 Å². The number of carbonyl (C=O) groups excluding carboxylic acids is 1. The Balaban J connectivity index is 1.46. The molecule has 0 N–H and O–H groups in total. The Kier molecular flexibility index (Phi) is 4.52. The van der Waals surface area contributed by atoms with Crippen molar-refractivity contribution in [3.05, 3.63) is 23.8 Å². The molecule has 3 heterocycles. The molecule has 0 saturated carbocycles. The number of hydrogen-bond donors (Lipinski definition) is 0. The number of likely N-dealkylation sites (N-methyl/N-ethyl adjacent to an activating group) is 1. The molecule has 6 nitrogen and oxygen atoms in total. The zero-order valence-corrected chi connectivity index (χ0v) is 16.9. The van der Waals surface area contributed by atoms with Gasteiger partial charge in [0.25, 0.3) is 5.91 Å². The van der Waals surface area contributed by atoms with E-state index < -0.39 is 13.2 Å². The molecule has 146 valence electrons. The van der Waals surface area contributed by atoms with E-state index in [0.717, 1.165) is 43.0 Å². The highest BCUT2D eigenvalue weighted by Crippen LogP contribution is 2.37. The average Bonchev–Trinajstić information content (AvgIpc) is 3.12. The molecule has 3 aliphatic rings. The van der Waals surface area contributed by atoms with Gasteiger partial charge in [0.15, 0.2) is 6.10 Å². The van der Waals surface area contributed by atoms with Gasteiger partial charge in [-0.15, -0.1) is 0 Å². The van der Waals surface area contributed by atoms with E-state index in [9.17, 15) is 4.79 Å². The van der Waals surface area contributed by atoms with Crippen molar-refractivity contribution in [3.63, 3.8) is 0 Å². The van der Waals surface area contributed by atoms with Gasteiger partial charge in [-0.25, -0.2) is 0 Å². The molecule has 0 spiro atoms. The quantitative estimate of drug-likeness (QED) is 0.727. The summed E-state index contributed by atoms with van der Waals surface area (Å²) in [5.41, 5.74) is 1.29. The molecule has 1 unspecified atom stereocenters. The number of rotatable bonds is 2. The maximum Gasteiger partial charge on any atom is 0.494 e. The van der Waals surface area contributed by atoms with E-state index in [0.29, 0.717) is 6.42 Å². The zero-order chi connectivity index (χ0) is 19.4. The van der Waals surface area contributed by atoms with E-state index in [-0.39, 0.29) is 17.1 Å². The summed E-state index contributed by atoms with van der Waals surface area (Å²) in [5.74, 6) is 0.888. The van der Waals surface area contributed by atoms with Crippen LogP contribution in [0.4, 0.5) is 0 Å². The predicted octanol–water partition coefficient (Wildman–Crippen LogP) is 1.06. The Morgan fingerprint density at radius 2 is 1.70 bits per heavy atom. The van der Waals surface area contributed by atoms with Gasteiger partial charge in [0.05, 0.1) is 11.2 Å². The molecule has 7 heteroatoms. The van der Waals surface area contributed by atoms with Crippen LogP contribution in [0.5, 0.6) is 5.75 Å². The van der Waals surface area contributed by atoms with Crippen LogP contribution in [0.2, 0.25) is 0 Å². The molecule has 2 saturated heterocycles. The first kappa shape index (κ1) is 18.8. The molecular weight excluding hydrogens is 343 g/mol. The van der Waals surface area contributed by atoms with Crippen molar-refractivity contribution in [1.82, 2.24) is 9.80 Å². The van der Waals surface area contributed by atoms with Gasteiger partial charge >= 0.3 is 7.12 Å². The van der Waals surface area contributed by atoms with Crippen LogP contribution in [0, 0.1) is 0 Å². The lowest BCUT2D eigenvalue weighted by atomic mass is 9.78. The summed E-state index contributed by atoms with van der Waals surface area (Å²) in [6.07, 6.45) is 0.186. The molecule has 27 heavy (non-hydrogen) atoms. The minimum absolute atomic E-state index is 0.0940. The topological polar surface area (TPSA) is 51.2 Å². The van der Waals surface area contributed by atoms with Gasteiger partial charge in [-0.05, 0) is 51.8 Å². The van der Waals surface area contributed by atoms with Crippen LogP contribution in [-0.2, 0) is 20.5 Å². The molecule has 1 aromatic rings. The van der Waals surface area contributed by atoms with Crippen LogP contribution in [0.3, 0.4) is 0 Å². The minimum Gasteiger partial charge on any atom is -0.480 e. The van der Waals surface area contributed by atoms with E-state index in [4.69, 9.17) is 14.0 Å². The summed E-state index contributed by atoms with van der Waals surface area (Å²) < 4.78 is 18.3. The molecule has 0 radical (unpaired) electrons. The summed E-state index contributed by atoms with van der Waals surface area (Å²) >= 11 is 0. The van der Waals surface area contributed by atoms with Crippen LogP contribution < -0.4 is 10.2 Å². The molecule has 3 aliphatic heterocycles. The smallest absolute Gasteiger partial charge is 0.480 e. The second kappa shape index (κ2) is 6.50. The van der Waals surface area contributed by atoms with Crippen molar-refractivity contribution >= 4 is 18.5 Å². The molecule has 4 rings (SSSR count).